The van der Waals surface area contributed by atoms with Crippen molar-refractivity contribution in [2.45, 2.75) is 38.3 Å². The molecule has 3 heteroatoms. The quantitative estimate of drug-likeness (QED) is 0.849. The molecule has 2 saturated heterocycles. The zero-order valence-corrected chi connectivity index (χ0v) is 12.7. The summed E-state index contributed by atoms with van der Waals surface area (Å²) < 4.78 is 0. The zero-order chi connectivity index (χ0) is 14.7. The van der Waals surface area contributed by atoms with Crippen molar-refractivity contribution in [3.8, 4) is 0 Å². The van der Waals surface area contributed by atoms with Gasteiger partial charge in [-0.3, -0.25) is 9.69 Å². The number of rotatable bonds is 4. The Morgan fingerprint density at radius 1 is 1.19 bits per heavy atom. The summed E-state index contributed by atoms with van der Waals surface area (Å²) in [4.78, 5) is 16.5. The van der Waals surface area contributed by atoms with E-state index in [1.54, 1.807) is 0 Å². The zero-order valence-electron chi connectivity index (χ0n) is 12.7. The van der Waals surface area contributed by atoms with Crippen molar-refractivity contribution in [1.29, 1.82) is 0 Å². The molecule has 1 amide bonds. The van der Waals surface area contributed by atoms with Gasteiger partial charge in [0.2, 0.25) is 5.91 Å². The topological polar surface area (TPSA) is 23.6 Å². The third-order valence-corrected chi connectivity index (χ3v) is 4.71. The number of hydrogen-bond acceptors (Lipinski definition) is 2. The molecule has 1 aromatic rings. The normalized spacial score (nSPS) is 25.7. The molecule has 0 aliphatic carbocycles. The first-order chi connectivity index (χ1) is 10.3. The Morgan fingerprint density at radius 3 is 2.48 bits per heavy atom. The number of fused-ring (bicyclic) bond motifs is 2. The first-order valence-electron chi connectivity index (χ1n) is 8.03. The summed E-state index contributed by atoms with van der Waals surface area (Å²) in [6, 6.07) is 11.5. The lowest BCUT2D eigenvalue weighted by Gasteiger charge is -2.40. The van der Waals surface area contributed by atoms with E-state index in [0.717, 1.165) is 19.6 Å². The predicted molar refractivity (Wildman–Crippen MR) is 85.9 cm³/mol. The minimum Gasteiger partial charge on any atom is -0.340 e. The van der Waals surface area contributed by atoms with Crippen molar-refractivity contribution < 1.29 is 4.79 Å². The molecule has 2 fully saturated rings. The fraction of sp³-hybridized carbons (Fsp3) is 0.500. The largest absolute Gasteiger partial charge is 0.340 e. The Hall–Kier alpha value is -1.61. The average Bonchev–Trinajstić information content (AvgIpc) is 2.76. The summed E-state index contributed by atoms with van der Waals surface area (Å²) in [5.74, 6) is 0.311. The Morgan fingerprint density at radius 2 is 1.86 bits per heavy atom. The number of nitrogens with zero attached hydrogens (tertiary/aromatic N) is 2. The van der Waals surface area contributed by atoms with Crippen LogP contribution in [-0.4, -0.2) is 47.4 Å². The maximum absolute atomic E-state index is 11.9. The highest BCUT2D eigenvalue weighted by molar-refractivity contribution is 5.76. The number of hydrogen-bond donors (Lipinski definition) is 0. The van der Waals surface area contributed by atoms with Crippen molar-refractivity contribution in [2.75, 3.05) is 19.6 Å². The molecule has 21 heavy (non-hydrogen) atoms. The van der Waals surface area contributed by atoms with Crippen LogP contribution in [0.5, 0.6) is 0 Å². The van der Waals surface area contributed by atoms with Crippen molar-refractivity contribution in [1.82, 2.24) is 9.80 Å². The van der Waals surface area contributed by atoms with Crippen LogP contribution in [0, 0.1) is 0 Å². The number of benzene rings is 1. The van der Waals surface area contributed by atoms with Crippen LogP contribution in [0.1, 0.15) is 31.7 Å². The maximum atomic E-state index is 11.9. The summed E-state index contributed by atoms with van der Waals surface area (Å²) >= 11 is 0. The molecule has 0 saturated carbocycles. The van der Waals surface area contributed by atoms with Gasteiger partial charge < -0.3 is 4.90 Å². The number of amides is 1. The summed E-state index contributed by atoms with van der Waals surface area (Å²) in [6.45, 7) is 4.79. The van der Waals surface area contributed by atoms with Crippen LogP contribution >= 0.6 is 0 Å². The standard InChI is InChI=1S/C18H24N2O/c1-2-18(21)19-13-16-10-11-17(14-19)20(16)12-6-9-15-7-4-3-5-8-15/h3-9,16-17H,2,10-14H2,1H3. The van der Waals surface area contributed by atoms with E-state index >= 15 is 0 Å². The number of piperazine rings is 1. The van der Waals surface area contributed by atoms with Gasteiger partial charge in [0, 0.05) is 38.1 Å². The molecule has 0 spiro atoms. The van der Waals surface area contributed by atoms with Gasteiger partial charge in [0.05, 0.1) is 0 Å². The highest BCUT2D eigenvalue weighted by Gasteiger charge is 2.40. The van der Waals surface area contributed by atoms with Crippen LogP contribution in [0.2, 0.25) is 0 Å². The Bertz CT molecular complexity index is 497. The van der Waals surface area contributed by atoms with Gasteiger partial charge in [-0.05, 0) is 18.4 Å². The molecule has 1 aromatic carbocycles. The first-order valence-corrected chi connectivity index (χ1v) is 8.03. The maximum Gasteiger partial charge on any atom is 0.222 e. The smallest absolute Gasteiger partial charge is 0.222 e. The molecule has 2 bridgehead atoms. The van der Waals surface area contributed by atoms with E-state index < -0.39 is 0 Å². The van der Waals surface area contributed by atoms with E-state index in [1.165, 1.54) is 18.4 Å². The van der Waals surface area contributed by atoms with Crippen LogP contribution < -0.4 is 0 Å². The molecular weight excluding hydrogens is 260 g/mol. The van der Waals surface area contributed by atoms with Crippen LogP contribution in [0.25, 0.3) is 6.08 Å². The van der Waals surface area contributed by atoms with Crippen LogP contribution in [-0.2, 0) is 4.79 Å². The van der Waals surface area contributed by atoms with E-state index in [1.807, 2.05) is 13.0 Å². The molecule has 2 unspecified atom stereocenters. The summed E-state index contributed by atoms with van der Waals surface area (Å²) in [5.41, 5.74) is 1.25. The first kappa shape index (κ1) is 14.3. The van der Waals surface area contributed by atoms with Gasteiger partial charge in [-0.25, -0.2) is 0 Å². The van der Waals surface area contributed by atoms with E-state index in [9.17, 15) is 4.79 Å². The van der Waals surface area contributed by atoms with Gasteiger partial charge >= 0.3 is 0 Å². The summed E-state index contributed by atoms with van der Waals surface area (Å²) in [6.07, 6.45) is 7.56. The highest BCUT2D eigenvalue weighted by Crippen LogP contribution is 2.30. The molecule has 2 aliphatic rings. The predicted octanol–water partition coefficient (Wildman–Crippen LogP) is 2.79. The molecule has 0 N–H and O–H groups in total. The SMILES string of the molecule is CCC(=O)N1CC2CCC(C1)N2CC=Cc1ccccc1. The molecule has 2 aliphatic heterocycles. The minimum atomic E-state index is 0.311. The molecule has 2 atom stereocenters. The lowest BCUT2D eigenvalue weighted by Crippen LogP contribution is -2.55. The van der Waals surface area contributed by atoms with Crippen LogP contribution in [0.15, 0.2) is 36.4 Å². The molecular formula is C18H24N2O. The summed E-state index contributed by atoms with van der Waals surface area (Å²) in [5, 5.41) is 0. The Labute approximate surface area is 127 Å². The van der Waals surface area contributed by atoms with Crippen molar-refractivity contribution in [3.05, 3.63) is 42.0 Å². The third kappa shape index (κ3) is 3.18. The minimum absolute atomic E-state index is 0.311. The molecule has 112 valence electrons. The Kier molecular flexibility index (Phi) is 4.39. The lowest BCUT2D eigenvalue weighted by atomic mass is 10.1. The number of carbonyl (C=O) groups is 1. The van der Waals surface area contributed by atoms with Crippen molar-refractivity contribution in [3.63, 3.8) is 0 Å². The molecule has 0 radical (unpaired) electrons. The second-order valence-electron chi connectivity index (χ2n) is 6.05. The van der Waals surface area contributed by atoms with E-state index in [-0.39, 0.29) is 0 Å². The van der Waals surface area contributed by atoms with Crippen LogP contribution in [0.4, 0.5) is 0 Å². The van der Waals surface area contributed by atoms with Crippen LogP contribution in [0.3, 0.4) is 0 Å². The molecule has 3 nitrogen and oxygen atoms in total. The monoisotopic (exact) mass is 284 g/mol. The molecule has 0 aromatic heterocycles. The van der Waals surface area contributed by atoms with Gasteiger partial charge in [0.15, 0.2) is 0 Å². The Balaban J connectivity index is 1.58. The number of carbonyl (C=O) groups excluding carboxylic acids is 1. The third-order valence-electron chi connectivity index (χ3n) is 4.71. The second kappa shape index (κ2) is 6.44. The fourth-order valence-electron chi connectivity index (χ4n) is 3.59. The van der Waals surface area contributed by atoms with Crippen molar-refractivity contribution >= 4 is 12.0 Å². The van der Waals surface area contributed by atoms with Gasteiger partial charge in [0.25, 0.3) is 0 Å². The second-order valence-corrected chi connectivity index (χ2v) is 6.05. The van der Waals surface area contributed by atoms with E-state index in [4.69, 9.17) is 0 Å². The van der Waals surface area contributed by atoms with Gasteiger partial charge in [0.1, 0.15) is 0 Å². The fourth-order valence-corrected chi connectivity index (χ4v) is 3.59. The van der Waals surface area contributed by atoms with Gasteiger partial charge in [-0.1, -0.05) is 49.4 Å². The lowest BCUT2D eigenvalue weighted by molar-refractivity contribution is -0.134. The van der Waals surface area contributed by atoms with Gasteiger partial charge in [-0.2, -0.15) is 0 Å². The van der Waals surface area contributed by atoms with E-state index in [2.05, 4.69) is 46.2 Å². The number of likely N-dealkylation sites (tertiary alicyclic amines) is 1. The van der Waals surface area contributed by atoms with Gasteiger partial charge in [-0.15, -0.1) is 0 Å². The average molecular weight is 284 g/mol. The molecule has 2 heterocycles. The van der Waals surface area contributed by atoms with E-state index in [0.29, 0.717) is 24.4 Å². The molecule has 3 rings (SSSR count). The summed E-state index contributed by atoms with van der Waals surface area (Å²) in [7, 11) is 0. The highest BCUT2D eigenvalue weighted by atomic mass is 16.2. The van der Waals surface area contributed by atoms with Crippen molar-refractivity contribution in [2.24, 2.45) is 0 Å².